The Labute approximate surface area is 114 Å². The van der Waals surface area contributed by atoms with E-state index in [1.807, 2.05) is 6.92 Å². The smallest absolute Gasteiger partial charge is 0.341 e. The fourth-order valence-corrected chi connectivity index (χ4v) is 2.83. The number of nitrogens with zero attached hydrogens (tertiary/aromatic N) is 3. The van der Waals surface area contributed by atoms with Crippen molar-refractivity contribution in [3.63, 3.8) is 0 Å². The lowest BCUT2D eigenvalue weighted by molar-refractivity contribution is -0.132. The zero-order chi connectivity index (χ0) is 13.8. The summed E-state index contributed by atoms with van der Waals surface area (Å²) in [4.78, 5) is 36.1. The molecule has 1 aliphatic rings. The number of H-pyrrole nitrogens is 1. The number of amides is 1. The van der Waals surface area contributed by atoms with Gasteiger partial charge in [-0.05, 0) is 6.92 Å². The number of likely N-dealkylation sites (tertiary alicyclic amines) is 1. The summed E-state index contributed by atoms with van der Waals surface area (Å²) in [5.41, 5.74) is -0.263. The lowest BCUT2D eigenvalue weighted by atomic mass is 10.1. The molecule has 0 unspecified atom stereocenters. The van der Waals surface area contributed by atoms with Crippen LogP contribution in [0.1, 0.15) is 19.8 Å². The van der Waals surface area contributed by atoms with Gasteiger partial charge in [-0.1, -0.05) is 11.8 Å². The largest absolute Gasteiger partial charge is 0.343 e. The molecule has 0 atom stereocenters. The first kappa shape index (κ1) is 13.9. The molecule has 1 aromatic rings. The van der Waals surface area contributed by atoms with Crippen LogP contribution < -0.4 is 5.69 Å². The van der Waals surface area contributed by atoms with Crippen molar-refractivity contribution in [2.24, 2.45) is 0 Å². The summed E-state index contributed by atoms with van der Waals surface area (Å²) in [6.07, 6.45) is 0.886. The normalized spacial score (nSPS) is 15.8. The van der Waals surface area contributed by atoms with Crippen molar-refractivity contribution in [3.8, 4) is 0 Å². The molecule has 0 radical (unpaired) electrons. The molecule has 19 heavy (non-hydrogen) atoms. The van der Waals surface area contributed by atoms with Crippen LogP contribution in [0.15, 0.2) is 9.95 Å². The number of piperidine rings is 1. The molecule has 104 valence electrons. The van der Waals surface area contributed by atoms with E-state index in [0.717, 1.165) is 0 Å². The first-order chi connectivity index (χ1) is 9.11. The minimum absolute atomic E-state index is 0.0180. The molecule has 1 amide bonds. The molecular formula is C11H16N4O3S. The van der Waals surface area contributed by atoms with Gasteiger partial charge >= 0.3 is 5.69 Å². The molecule has 0 bridgehead atoms. The number of carbonyl (C=O) groups is 2. The molecule has 2 rings (SSSR count). The first-order valence-corrected chi connectivity index (χ1v) is 7.18. The predicted octanol–water partition coefficient (Wildman–Crippen LogP) is -0.125. The molecule has 1 N–H and O–H groups in total. The quantitative estimate of drug-likeness (QED) is 0.778. The van der Waals surface area contributed by atoms with Crippen LogP contribution in [0, 0.1) is 0 Å². The van der Waals surface area contributed by atoms with Gasteiger partial charge in [0.25, 0.3) is 0 Å². The number of nitrogens with one attached hydrogen (secondary N) is 1. The van der Waals surface area contributed by atoms with Crippen LogP contribution in [0.5, 0.6) is 0 Å². The maximum absolute atomic E-state index is 12.0. The third-order valence-electron chi connectivity index (χ3n) is 3.04. The highest BCUT2D eigenvalue weighted by atomic mass is 32.2. The van der Waals surface area contributed by atoms with Gasteiger partial charge in [-0.3, -0.25) is 14.2 Å². The monoisotopic (exact) mass is 284 g/mol. The first-order valence-electron chi connectivity index (χ1n) is 6.19. The molecule has 0 saturated carbocycles. The van der Waals surface area contributed by atoms with Gasteiger partial charge in [0, 0.05) is 32.5 Å². The van der Waals surface area contributed by atoms with E-state index < -0.39 is 0 Å². The zero-order valence-electron chi connectivity index (χ0n) is 10.7. The summed E-state index contributed by atoms with van der Waals surface area (Å²) >= 11 is 1.24. The van der Waals surface area contributed by atoms with E-state index in [9.17, 15) is 14.4 Å². The summed E-state index contributed by atoms with van der Waals surface area (Å²) < 4.78 is 1.48. The maximum atomic E-state index is 12.0. The van der Waals surface area contributed by atoms with Crippen molar-refractivity contribution in [1.82, 2.24) is 19.7 Å². The third kappa shape index (κ3) is 3.25. The number of aromatic amines is 1. The maximum Gasteiger partial charge on any atom is 0.343 e. The molecule has 1 aliphatic heterocycles. The number of rotatable bonds is 4. The second-order valence-corrected chi connectivity index (χ2v) is 5.21. The van der Waals surface area contributed by atoms with Crippen LogP contribution in [0.4, 0.5) is 0 Å². The van der Waals surface area contributed by atoms with Crippen LogP contribution >= 0.6 is 11.8 Å². The van der Waals surface area contributed by atoms with Crippen molar-refractivity contribution in [1.29, 1.82) is 0 Å². The van der Waals surface area contributed by atoms with E-state index in [4.69, 9.17) is 0 Å². The second-order valence-electron chi connectivity index (χ2n) is 4.26. The Morgan fingerprint density at radius 3 is 2.68 bits per heavy atom. The lowest BCUT2D eigenvalue weighted by Crippen LogP contribution is -2.39. The number of carbonyl (C=O) groups excluding carboxylic acids is 2. The van der Waals surface area contributed by atoms with Crippen LogP contribution in [0.2, 0.25) is 0 Å². The number of thioether (sulfide) groups is 1. The van der Waals surface area contributed by atoms with E-state index in [1.165, 1.54) is 16.3 Å². The number of Topliss-reactive ketones (excluding diaryl/α,β-unsaturated/α-hetero) is 1. The molecule has 8 heteroatoms. The molecule has 2 heterocycles. The summed E-state index contributed by atoms with van der Waals surface area (Å²) in [6.45, 7) is 3.36. The van der Waals surface area contributed by atoms with E-state index >= 15 is 0 Å². The standard InChI is InChI=1S/C11H16N4O3S/c1-2-15-10(18)12-13-11(15)19-7-9(17)14-5-3-8(16)4-6-14/h2-7H2,1H3,(H,12,18). The van der Waals surface area contributed by atoms with Crippen LogP contribution in [-0.4, -0.2) is 50.2 Å². The topological polar surface area (TPSA) is 88.1 Å². The highest BCUT2D eigenvalue weighted by Gasteiger charge is 2.21. The summed E-state index contributed by atoms with van der Waals surface area (Å²) in [7, 11) is 0. The Balaban J connectivity index is 1.89. The average molecular weight is 284 g/mol. The predicted molar refractivity (Wildman–Crippen MR) is 70.1 cm³/mol. The Bertz CT molecular complexity index is 526. The summed E-state index contributed by atoms with van der Waals surface area (Å²) in [6, 6.07) is 0. The van der Waals surface area contributed by atoms with E-state index in [-0.39, 0.29) is 23.1 Å². The third-order valence-corrected chi connectivity index (χ3v) is 4.00. The molecule has 0 aliphatic carbocycles. The number of hydrogen-bond acceptors (Lipinski definition) is 5. The van der Waals surface area contributed by atoms with Gasteiger partial charge in [0.15, 0.2) is 5.16 Å². The van der Waals surface area contributed by atoms with Gasteiger partial charge in [0.05, 0.1) is 5.75 Å². The summed E-state index contributed by atoms with van der Waals surface area (Å²) in [5, 5.41) is 6.77. The molecule has 1 aromatic heterocycles. The van der Waals surface area contributed by atoms with Crippen LogP contribution in [0.25, 0.3) is 0 Å². The van der Waals surface area contributed by atoms with Gasteiger partial charge in [-0.25, -0.2) is 9.89 Å². The van der Waals surface area contributed by atoms with E-state index in [2.05, 4.69) is 10.2 Å². The van der Waals surface area contributed by atoms with Gasteiger partial charge in [0.1, 0.15) is 5.78 Å². The van der Waals surface area contributed by atoms with Crippen molar-refractivity contribution in [3.05, 3.63) is 10.5 Å². The molecule has 0 spiro atoms. The highest BCUT2D eigenvalue weighted by Crippen LogP contribution is 2.15. The van der Waals surface area contributed by atoms with Crippen molar-refractivity contribution in [2.75, 3.05) is 18.8 Å². The Hall–Kier alpha value is -1.57. The van der Waals surface area contributed by atoms with Gasteiger partial charge < -0.3 is 4.90 Å². The fraction of sp³-hybridized carbons (Fsp3) is 0.636. The van der Waals surface area contributed by atoms with Crippen LogP contribution in [-0.2, 0) is 16.1 Å². The van der Waals surface area contributed by atoms with Gasteiger partial charge in [0.2, 0.25) is 5.91 Å². The van der Waals surface area contributed by atoms with Gasteiger partial charge in [-0.15, -0.1) is 5.10 Å². The Morgan fingerprint density at radius 2 is 2.05 bits per heavy atom. The second kappa shape index (κ2) is 6.05. The van der Waals surface area contributed by atoms with E-state index in [1.54, 1.807) is 4.90 Å². The van der Waals surface area contributed by atoms with Crippen LogP contribution in [0.3, 0.4) is 0 Å². The SMILES string of the molecule is CCn1c(SCC(=O)N2CCC(=O)CC2)n[nH]c1=O. The number of ketones is 1. The molecule has 0 aromatic carbocycles. The minimum atomic E-state index is -0.263. The summed E-state index contributed by atoms with van der Waals surface area (Å²) in [5.74, 6) is 0.429. The molecule has 1 saturated heterocycles. The minimum Gasteiger partial charge on any atom is -0.341 e. The number of hydrogen-bond donors (Lipinski definition) is 1. The Kier molecular flexibility index (Phi) is 4.41. The number of aromatic nitrogens is 3. The van der Waals surface area contributed by atoms with Gasteiger partial charge in [-0.2, -0.15) is 0 Å². The zero-order valence-corrected chi connectivity index (χ0v) is 11.5. The lowest BCUT2D eigenvalue weighted by Gasteiger charge is -2.25. The average Bonchev–Trinajstić information content (AvgIpc) is 2.77. The molecule has 7 nitrogen and oxygen atoms in total. The highest BCUT2D eigenvalue weighted by molar-refractivity contribution is 7.99. The van der Waals surface area contributed by atoms with Crippen molar-refractivity contribution >= 4 is 23.5 Å². The van der Waals surface area contributed by atoms with E-state index in [0.29, 0.717) is 37.6 Å². The van der Waals surface area contributed by atoms with Crippen molar-refractivity contribution in [2.45, 2.75) is 31.5 Å². The Morgan fingerprint density at radius 1 is 1.37 bits per heavy atom. The molecular weight excluding hydrogens is 268 g/mol. The fourth-order valence-electron chi connectivity index (χ4n) is 1.92. The molecule has 1 fully saturated rings. The van der Waals surface area contributed by atoms with Crippen molar-refractivity contribution < 1.29 is 9.59 Å².